The molecule has 0 aliphatic rings. The molecule has 7 heteroatoms. The average molecular weight is 433 g/mol. The van der Waals surface area contributed by atoms with Crippen LogP contribution in [0.3, 0.4) is 0 Å². The lowest BCUT2D eigenvalue weighted by Gasteiger charge is -2.26. The van der Waals surface area contributed by atoms with Crippen LogP contribution in [0.1, 0.15) is 18.1 Å². The normalized spacial score (nSPS) is 11.8. The fourth-order valence-electron chi connectivity index (χ4n) is 2.79. The molecule has 0 radical (unpaired) electrons. The van der Waals surface area contributed by atoms with Crippen LogP contribution in [0.15, 0.2) is 60.8 Å². The van der Waals surface area contributed by atoms with Crippen molar-refractivity contribution in [2.45, 2.75) is 26.5 Å². The minimum atomic E-state index is -0.844. The number of rotatable bonds is 6. The minimum absolute atomic E-state index is 0.0747. The minimum Gasteiger partial charge on any atom is -0.481 e. The summed E-state index contributed by atoms with van der Waals surface area (Å²) in [5, 5.41) is 0.848. The predicted molar refractivity (Wildman–Crippen MR) is 113 cm³/mol. The Bertz CT molecular complexity index is 995. The van der Waals surface area contributed by atoms with E-state index < -0.39 is 11.9 Å². The van der Waals surface area contributed by atoms with Crippen molar-refractivity contribution in [2.24, 2.45) is 0 Å². The number of hydrogen-bond acceptors (Lipinski definition) is 3. The van der Waals surface area contributed by atoms with Gasteiger partial charge in [0, 0.05) is 21.8 Å². The first kappa shape index (κ1) is 21.1. The van der Waals surface area contributed by atoms with E-state index in [-0.39, 0.29) is 23.0 Å². The molecule has 3 rings (SSSR count). The Morgan fingerprint density at radius 2 is 1.93 bits per heavy atom. The maximum absolute atomic E-state index is 14.3. The van der Waals surface area contributed by atoms with Crippen LogP contribution in [0.5, 0.6) is 5.75 Å². The van der Waals surface area contributed by atoms with Crippen molar-refractivity contribution in [3.63, 3.8) is 0 Å². The molecule has 0 fully saturated rings. The molecule has 0 saturated carbocycles. The average Bonchev–Trinajstić information content (AvgIpc) is 2.71. The molecule has 0 aliphatic carbocycles. The first-order valence-electron chi connectivity index (χ1n) is 8.95. The second-order valence-electron chi connectivity index (χ2n) is 6.48. The molecule has 150 valence electrons. The van der Waals surface area contributed by atoms with Gasteiger partial charge >= 0.3 is 0 Å². The molecule has 0 N–H and O–H groups in total. The van der Waals surface area contributed by atoms with E-state index >= 15 is 0 Å². The molecule has 29 heavy (non-hydrogen) atoms. The van der Waals surface area contributed by atoms with Crippen molar-refractivity contribution in [2.75, 3.05) is 4.90 Å². The molecule has 0 aliphatic heterocycles. The molecule has 0 bridgehead atoms. The SMILES string of the molecule is Cc1cc(O[C@H](C)C(=O)N(Cc2c(F)cccc2Cl)c2ccccn2)ccc1Cl. The van der Waals surface area contributed by atoms with Crippen LogP contribution in [-0.4, -0.2) is 17.0 Å². The van der Waals surface area contributed by atoms with Crippen LogP contribution in [0, 0.1) is 12.7 Å². The van der Waals surface area contributed by atoms with E-state index in [1.54, 1.807) is 55.6 Å². The molecule has 1 amide bonds. The number of nitrogens with zero attached hydrogens (tertiary/aromatic N) is 2. The van der Waals surface area contributed by atoms with Gasteiger partial charge in [-0.3, -0.25) is 9.69 Å². The number of aryl methyl sites for hydroxylation is 1. The Balaban J connectivity index is 1.89. The Morgan fingerprint density at radius 3 is 2.59 bits per heavy atom. The monoisotopic (exact) mass is 432 g/mol. The van der Waals surface area contributed by atoms with E-state index in [0.717, 1.165) is 5.56 Å². The molecule has 0 unspecified atom stereocenters. The fraction of sp³-hybridized carbons (Fsp3) is 0.182. The quantitative estimate of drug-likeness (QED) is 0.491. The molecular weight excluding hydrogens is 414 g/mol. The lowest BCUT2D eigenvalue weighted by Crippen LogP contribution is -2.41. The second kappa shape index (κ2) is 9.25. The zero-order valence-corrected chi connectivity index (χ0v) is 17.4. The number of benzene rings is 2. The van der Waals surface area contributed by atoms with Gasteiger partial charge in [0.05, 0.1) is 6.54 Å². The van der Waals surface area contributed by atoms with Crippen molar-refractivity contribution < 1.29 is 13.9 Å². The van der Waals surface area contributed by atoms with E-state index in [2.05, 4.69) is 4.98 Å². The lowest BCUT2D eigenvalue weighted by atomic mass is 10.1. The van der Waals surface area contributed by atoms with Gasteiger partial charge in [-0.25, -0.2) is 9.37 Å². The summed E-state index contributed by atoms with van der Waals surface area (Å²) >= 11 is 12.2. The molecule has 4 nitrogen and oxygen atoms in total. The molecule has 0 saturated heterocycles. The Morgan fingerprint density at radius 1 is 1.14 bits per heavy atom. The number of ether oxygens (including phenoxy) is 1. The number of amides is 1. The largest absolute Gasteiger partial charge is 0.481 e. The van der Waals surface area contributed by atoms with Crippen LogP contribution in [-0.2, 0) is 11.3 Å². The summed E-state index contributed by atoms with van der Waals surface area (Å²) in [6.07, 6.45) is 0.718. The first-order chi connectivity index (χ1) is 13.9. The molecule has 1 heterocycles. The number of halogens is 3. The summed E-state index contributed by atoms with van der Waals surface area (Å²) in [4.78, 5) is 18.8. The Hall–Kier alpha value is -2.63. The number of carbonyl (C=O) groups is 1. The topological polar surface area (TPSA) is 42.4 Å². The van der Waals surface area contributed by atoms with Crippen LogP contribution >= 0.6 is 23.2 Å². The zero-order chi connectivity index (χ0) is 21.0. The highest BCUT2D eigenvalue weighted by Crippen LogP contribution is 2.25. The lowest BCUT2D eigenvalue weighted by molar-refractivity contribution is -0.124. The maximum Gasteiger partial charge on any atom is 0.269 e. The standard InChI is InChI=1S/C22H19Cl2FN2O2/c1-14-12-16(9-10-18(14)23)29-15(2)22(28)27(21-8-3-4-11-26-21)13-17-19(24)6-5-7-20(17)25/h3-12,15H,13H2,1-2H3/t15-/m1/s1. The van der Waals surface area contributed by atoms with Gasteiger partial charge in [-0.1, -0.05) is 35.3 Å². The molecule has 1 aromatic heterocycles. The summed E-state index contributed by atoms with van der Waals surface area (Å²) in [6.45, 7) is 3.40. The number of hydrogen-bond donors (Lipinski definition) is 0. The van der Waals surface area contributed by atoms with Crippen molar-refractivity contribution in [1.29, 1.82) is 0 Å². The summed E-state index contributed by atoms with van der Waals surface area (Å²) in [6, 6.07) is 14.7. The third-order valence-electron chi connectivity index (χ3n) is 4.36. The molecule has 3 aromatic rings. The van der Waals surface area contributed by atoms with E-state index in [1.165, 1.54) is 17.0 Å². The smallest absolute Gasteiger partial charge is 0.269 e. The Kier molecular flexibility index (Phi) is 6.72. The Labute approximate surface area is 178 Å². The second-order valence-corrected chi connectivity index (χ2v) is 7.30. The summed E-state index contributed by atoms with van der Waals surface area (Å²) in [5.74, 6) is 0.0148. The summed E-state index contributed by atoms with van der Waals surface area (Å²) in [7, 11) is 0. The first-order valence-corrected chi connectivity index (χ1v) is 9.70. The molecule has 0 spiro atoms. The number of carbonyl (C=O) groups excluding carboxylic acids is 1. The van der Waals surface area contributed by atoms with E-state index in [9.17, 15) is 9.18 Å². The number of anilines is 1. The predicted octanol–water partition coefficient (Wildman–Crippen LogP) is 5.84. The maximum atomic E-state index is 14.3. The third-order valence-corrected chi connectivity index (χ3v) is 5.14. The molecule has 2 aromatic carbocycles. The van der Waals surface area contributed by atoms with E-state index in [0.29, 0.717) is 16.6 Å². The van der Waals surface area contributed by atoms with Crippen molar-refractivity contribution in [1.82, 2.24) is 4.98 Å². The highest BCUT2D eigenvalue weighted by Gasteiger charge is 2.26. The van der Waals surface area contributed by atoms with Gasteiger partial charge in [-0.05, 0) is 61.9 Å². The number of pyridine rings is 1. The zero-order valence-electron chi connectivity index (χ0n) is 15.9. The molecular formula is C22H19Cl2FN2O2. The van der Waals surface area contributed by atoms with Gasteiger partial charge in [0.25, 0.3) is 5.91 Å². The fourth-order valence-corrected chi connectivity index (χ4v) is 3.13. The highest BCUT2D eigenvalue weighted by atomic mass is 35.5. The van der Waals surface area contributed by atoms with Crippen molar-refractivity contribution in [3.8, 4) is 5.75 Å². The number of aromatic nitrogens is 1. The van der Waals surface area contributed by atoms with E-state index in [1.807, 2.05) is 6.92 Å². The molecule has 1 atom stereocenters. The van der Waals surface area contributed by atoms with Gasteiger partial charge < -0.3 is 4.74 Å². The van der Waals surface area contributed by atoms with Crippen molar-refractivity contribution in [3.05, 3.63) is 87.8 Å². The van der Waals surface area contributed by atoms with Gasteiger partial charge in [-0.2, -0.15) is 0 Å². The van der Waals surface area contributed by atoms with Gasteiger partial charge in [0.1, 0.15) is 17.4 Å². The third kappa shape index (κ3) is 5.05. The van der Waals surface area contributed by atoms with Gasteiger partial charge in [-0.15, -0.1) is 0 Å². The van der Waals surface area contributed by atoms with Crippen LogP contribution < -0.4 is 9.64 Å². The van der Waals surface area contributed by atoms with Crippen LogP contribution in [0.25, 0.3) is 0 Å². The van der Waals surface area contributed by atoms with Crippen LogP contribution in [0.2, 0.25) is 10.0 Å². The summed E-state index contributed by atoms with van der Waals surface area (Å²) in [5.41, 5.74) is 1.05. The van der Waals surface area contributed by atoms with Gasteiger partial charge in [0.15, 0.2) is 6.10 Å². The van der Waals surface area contributed by atoms with Gasteiger partial charge in [0.2, 0.25) is 0 Å². The van der Waals surface area contributed by atoms with E-state index in [4.69, 9.17) is 27.9 Å². The van der Waals surface area contributed by atoms with Crippen molar-refractivity contribution >= 4 is 34.9 Å². The highest BCUT2D eigenvalue weighted by molar-refractivity contribution is 6.31. The summed E-state index contributed by atoms with van der Waals surface area (Å²) < 4.78 is 20.1. The van der Waals surface area contributed by atoms with Crippen LogP contribution in [0.4, 0.5) is 10.2 Å².